The number of rotatable bonds is 6. The second kappa shape index (κ2) is 8.19. The number of carbonyl (C=O) groups excluding carboxylic acids is 1. The summed E-state index contributed by atoms with van der Waals surface area (Å²) in [5.74, 6) is 0.707. The molecule has 0 bridgehead atoms. The third kappa shape index (κ3) is 4.62. The van der Waals surface area contributed by atoms with Gasteiger partial charge in [-0.05, 0) is 69.4 Å². The molecule has 2 aromatic carbocycles. The number of ether oxygens (including phenoxy) is 1. The fourth-order valence-electron chi connectivity index (χ4n) is 2.94. The van der Waals surface area contributed by atoms with E-state index in [2.05, 4.69) is 37.4 Å². The van der Waals surface area contributed by atoms with Crippen LogP contribution in [0, 0.1) is 27.7 Å². The molecule has 0 saturated carbocycles. The lowest BCUT2D eigenvalue weighted by molar-refractivity contribution is -0.128. The van der Waals surface area contributed by atoms with E-state index in [-0.39, 0.29) is 11.9 Å². The molecule has 134 valence electrons. The van der Waals surface area contributed by atoms with Gasteiger partial charge in [-0.25, -0.2) is 0 Å². The van der Waals surface area contributed by atoms with Crippen molar-refractivity contribution in [3.8, 4) is 5.75 Å². The Morgan fingerprint density at radius 2 is 1.80 bits per heavy atom. The summed E-state index contributed by atoms with van der Waals surface area (Å²) in [6.45, 7) is 12.2. The van der Waals surface area contributed by atoms with Gasteiger partial charge >= 0.3 is 0 Å². The Hall–Kier alpha value is -2.29. The number of hydrogen-bond acceptors (Lipinski definition) is 2. The number of amides is 1. The second-order valence-electron chi connectivity index (χ2n) is 6.80. The molecule has 0 saturated heterocycles. The zero-order valence-corrected chi connectivity index (χ0v) is 16.1. The molecule has 0 aliphatic rings. The van der Waals surface area contributed by atoms with E-state index in [9.17, 15) is 4.79 Å². The molecule has 1 N–H and O–H groups in total. The van der Waals surface area contributed by atoms with Gasteiger partial charge in [-0.1, -0.05) is 42.8 Å². The summed E-state index contributed by atoms with van der Waals surface area (Å²) in [4.78, 5) is 12.7. The average Bonchev–Trinajstić information content (AvgIpc) is 2.58. The number of carbonyl (C=O) groups is 1. The Morgan fingerprint density at radius 1 is 1.08 bits per heavy atom. The van der Waals surface area contributed by atoms with Crippen LogP contribution in [0.4, 0.5) is 0 Å². The van der Waals surface area contributed by atoms with Crippen molar-refractivity contribution >= 4 is 5.91 Å². The Balaban J connectivity index is 2.11. The summed E-state index contributed by atoms with van der Waals surface area (Å²) < 4.78 is 6.02. The normalized spacial score (nSPS) is 13.2. The van der Waals surface area contributed by atoms with E-state index in [4.69, 9.17) is 4.74 Å². The van der Waals surface area contributed by atoms with Gasteiger partial charge in [0.15, 0.2) is 6.10 Å². The zero-order valence-electron chi connectivity index (χ0n) is 16.1. The molecule has 25 heavy (non-hydrogen) atoms. The number of aryl methyl sites for hydroxylation is 3. The largest absolute Gasteiger partial charge is 0.480 e. The first-order valence-electron chi connectivity index (χ1n) is 8.93. The fourth-order valence-corrected chi connectivity index (χ4v) is 2.94. The standard InChI is InChI=1S/C22H29NO2/c1-7-20(25-21-10-8-9-15(3)17(21)5)22(24)23-18(6)19-13-14(2)11-12-16(19)4/h8-13,18,20H,7H2,1-6H3,(H,23,24)/t18-,20+/m0/s1. The first kappa shape index (κ1) is 19.0. The van der Waals surface area contributed by atoms with Crippen LogP contribution in [0.15, 0.2) is 36.4 Å². The third-order valence-corrected chi connectivity index (χ3v) is 4.75. The van der Waals surface area contributed by atoms with E-state index in [1.807, 2.05) is 45.9 Å². The predicted octanol–water partition coefficient (Wildman–Crippen LogP) is 4.96. The van der Waals surface area contributed by atoms with E-state index in [0.29, 0.717) is 6.42 Å². The predicted molar refractivity (Wildman–Crippen MR) is 103 cm³/mol. The van der Waals surface area contributed by atoms with Gasteiger partial charge in [-0.15, -0.1) is 0 Å². The molecule has 3 heteroatoms. The van der Waals surface area contributed by atoms with Crippen LogP contribution in [0.1, 0.15) is 54.1 Å². The molecule has 0 aromatic heterocycles. The first-order valence-corrected chi connectivity index (χ1v) is 8.93. The third-order valence-electron chi connectivity index (χ3n) is 4.75. The van der Waals surface area contributed by atoms with Crippen LogP contribution >= 0.6 is 0 Å². The minimum absolute atomic E-state index is 0.0522. The lowest BCUT2D eigenvalue weighted by Crippen LogP contribution is -2.39. The maximum Gasteiger partial charge on any atom is 0.261 e. The summed E-state index contributed by atoms with van der Waals surface area (Å²) in [6, 6.07) is 12.2. The van der Waals surface area contributed by atoms with Crippen molar-refractivity contribution in [3.05, 3.63) is 64.2 Å². The van der Waals surface area contributed by atoms with Gasteiger partial charge in [0, 0.05) is 0 Å². The van der Waals surface area contributed by atoms with Crippen LogP contribution in [0.5, 0.6) is 5.75 Å². The Morgan fingerprint density at radius 3 is 2.48 bits per heavy atom. The minimum Gasteiger partial charge on any atom is -0.480 e. The van der Waals surface area contributed by atoms with Crippen LogP contribution in [-0.4, -0.2) is 12.0 Å². The maximum atomic E-state index is 12.7. The molecule has 0 aliphatic heterocycles. The van der Waals surface area contributed by atoms with E-state index in [1.165, 1.54) is 11.1 Å². The highest BCUT2D eigenvalue weighted by Crippen LogP contribution is 2.23. The van der Waals surface area contributed by atoms with Crippen LogP contribution in [0.2, 0.25) is 0 Å². The van der Waals surface area contributed by atoms with E-state index in [1.54, 1.807) is 0 Å². The van der Waals surface area contributed by atoms with Crippen molar-refractivity contribution in [2.45, 2.75) is 60.1 Å². The maximum absolute atomic E-state index is 12.7. The molecule has 0 spiro atoms. The van der Waals surface area contributed by atoms with Crippen molar-refractivity contribution in [2.24, 2.45) is 0 Å². The van der Waals surface area contributed by atoms with Crippen LogP contribution in [-0.2, 0) is 4.79 Å². The fraction of sp³-hybridized carbons (Fsp3) is 0.409. The van der Waals surface area contributed by atoms with E-state index >= 15 is 0 Å². The highest BCUT2D eigenvalue weighted by atomic mass is 16.5. The van der Waals surface area contributed by atoms with Gasteiger partial charge in [0.05, 0.1) is 6.04 Å². The zero-order chi connectivity index (χ0) is 18.6. The lowest BCUT2D eigenvalue weighted by Gasteiger charge is -2.23. The van der Waals surface area contributed by atoms with Crippen molar-refractivity contribution in [2.75, 3.05) is 0 Å². The second-order valence-corrected chi connectivity index (χ2v) is 6.80. The monoisotopic (exact) mass is 339 g/mol. The van der Waals surface area contributed by atoms with E-state index < -0.39 is 6.10 Å². The van der Waals surface area contributed by atoms with Crippen molar-refractivity contribution in [1.82, 2.24) is 5.32 Å². The Bertz CT molecular complexity index is 752. The summed E-state index contributed by atoms with van der Waals surface area (Å²) in [7, 11) is 0. The molecule has 0 aliphatic carbocycles. The average molecular weight is 339 g/mol. The van der Waals surface area contributed by atoms with Crippen molar-refractivity contribution < 1.29 is 9.53 Å². The van der Waals surface area contributed by atoms with Gasteiger partial charge in [0.2, 0.25) is 0 Å². The molecule has 0 unspecified atom stereocenters. The van der Waals surface area contributed by atoms with Gasteiger partial charge in [-0.3, -0.25) is 4.79 Å². The minimum atomic E-state index is -0.493. The number of hydrogen-bond donors (Lipinski definition) is 1. The van der Waals surface area contributed by atoms with Gasteiger partial charge < -0.3 is 10.1 Å². The number of benzene rings is 2. The van der Waals surface area contributed by atoms with Crippen LogP contribution in [0.25, 0.3) is 0 Å². The van der Waals surface area contributed by atoms with Crippen molar-refractivity contribution in [1.29, 1.82) is 0 Å². The summed E-state index contributed by atoms with van der Waals surface area (Å²) in [6.07, 6.45) is 0.131. The topological polar surface area (TPSA) is 38.3 Å². The lowest BCUT2D eigenvalue weighted by atomic mass is 10.00. The molecular weight excluding hydrogens is 310 g/mol. The summed E-state index contributed by atoms with van der Waals surface area (Å²) in [5, 5.41) is 3.11. The van der Waals surface area contributed by atoms with Crippen LogP contribution in [0.3, 0.4) is 0 Å². The molecule has 0 fully saturated rings. The van der Waals surface area contributed by atoms with Gasteiger partial charge in [0.25, 0.3) is 5.91 Å². The Kier molecular flexibility index (Phi) is 6.24. The summed E-state index contributed by atoms with van der Waals surface area (Å²) in [5.41, 5.74) is 5.77. The molecule has 0 heterocycles. The molecule has 1 amide bonds. The molecule has 3 nitrogen and oxygen atoms in total. The van der Waals surface area contributed by atoms with E-state index in [0.717, 1.165) is 22.4 Å². The molecule has 2 rings (SSSR count). The van der Waals surface area contributed by atoms with Crippen molar-refractivity contribution in [3.63, 3.8) is 0 Å². The molecule has 0 radical (unpaired) electrons. The van der Waals surface area contributed by atoms with Gasteiger partial charge in [-0.2, -0.15) is 0 Å². The SMILES string of the molecule is CC[C@@H](Oc1cccc(C)c1C)C(=O)N[C@@H](C)c1cc(C)ccc1C. The quantitative estimate of drug-likeness (QED) is 0.808. The Labute approximate surface area is 151 Å². The molecule has 2 atom stereocenters. The molecule has 2 aromatic rings. The van der Waals surface area contributed by atoms with Gasteiger partial charge in [0.1, 0.15) is 5.75 Å². The highest BCUT2D eigenvalue weighted by molar-refractivity contribution is 5.81. The molecular formula is C22H29NO2. The number of nitrogens with one attached hydrogen (secondary N) is 1. The smallest absolute Gasteiger partial charge is 0.261 e. The highest BCUT2D eigenvalue weighted by Gasteiger charge is 2.22. The van der Waals surface area contributed by atoms with Crippen LogP contribution < -0.4 is 10.1 Å². The summed E-state index contributed by atoms with van der Waals surface area (Å²) >= 11 is 0. The first-order chi connectivity index (χ1) is 11.8.